The summed E-state index contributed by atoms with van der Waals surface area (Å²) in [5, 5.41) is 0.496. The topological polar surface area (TPSA) is 80.6 Å². The first-order valence-electron chi connectivity index (χ1n) is 2.56. The average molecular weight is 282 g/mol. The molecule has 0 saturated heterocycles. The number of allylic oxidation sites excluding steroid dienone is 1. The first-order valence-corrected chi connectivity index (χ1v) is 8.09. The van der Waals surface area contributed by atoms with Crippen molar-refractivity contribution in [1.29, 1.82) is 0 Å². The quantitative estimate of drug-likeness (QED) is 0.651. The van der Waals surface area contributed by atoms with Gasteiger partial charge in [-0.1, -0.05) is 11.6 Å². The normalized spacial score (nSPS) is 22.5. The Morgan fingerprint density at radius 3 is 2.23 bits per heavy atom. The second-order valence-electron chi connectivity index (χ2n) is 1.78. The molecule has 1 heterocycles. The minimum absolute atomic E-state index is 0.400. The SMILES string of the molecule is O=S(=O)=S1C=C(S(=O)(=O)Cl)C(Cl)=N1. The molecule has 0 fully saturated rings. The molecule has 0 saturated carbocycles. The van der Waals surface area contributed by atoms with Gasteiger partial charge in [0.2, 0.25) is 0 Å². The summed E-state index contributed by atoms with van der Waals surface area (Å²) in [7, 11) is -3.12. The van der Waals surface area contributed by atoms with E-state index in [0.29, 0.717) is 0 Å². The van der Waals surface area contributed by atoms with Crippen LogP contribution in [0.25, 0.3) is 0 Å². The molecule has 0 aromatic rings. The van der Waals surface area contributed by atoms with Crippen LogP contribution in [0.3, 0.4) is 0 Å². The number of rotatable bonds is 1. The van der Waals surface area contributed by atoms with Gasteiger partial charge in [-0.2, -0.15) is 12.8 Å². The molecule has 1 aliphatic rings. The third kappa shape index (κ3) is 2.53. The molecule has 0 N–H and O–H groups in total. The first-order chi connectivity index (χ1) is 5.82. The van der Waals surface area contributed by atoms with Gasteiger partial charge in [0, 0.05) is 16.1 Å². The molecule has 0 aromatic carbocycles. The third-order valence-electron chi connectivity index (χ3n) is 0.983. The maximum Gasteiger partial charge on any atom is 0.265 e. The van der Waals surface area contributed by atoms with Gasteiger partial charge in [-0.3, -0.25) is 0 Å². The summed E-state index contributed by atoms with van der Waals surface area (Å²) >= 11 is 5.35. The minimum Gasteiger partial charge on any atom is -0.207 e. The lowest BCUT2D eigenvalue weighted by molar-refractivity contribution is 0.616. The van der Waals surface area contributed by atoms with E-state index in [-0.39, 0.29) is 0 Å². The molecular weight excluding hydrogens is 281 g/mol. The van der Waals surface area contributed by atoms with E-state index in [1.165, 1.54) is 0 Å². The predicted molar refractivity (Wildman–Crippen MR) is 52.4 cm³/mol. The summed E-state index contributed by atoms with van der Waals surface area (Å²) in [4.78, 5) is -0.455. The Hall–Kier alpha value is 0.110. The van der Waals surface area contributed by atoms with Gasteiger partial charge in [-0.05, 0) is 0 Å². The van der Waals surface area contributed by atoms with Gasteiger partial charge in [-0.15, -0.1) is 0 Å². The molecule has 0 bridgehead atoms. The summed E-state index contributed by atoms with van der Waals surface area (Å²) in [6.45, 7) is 0. The van der Waals surface area contributed by atoms with Gasteiger partial charge in [0.25, 0.3) is 18.3 Å². The van der Waals surface area contributed by atoms with E-state index in [0.717, 1.165) is 5.41 Å². The highest BCUT2D eigenvalue weighted by atomic mass is 35.7. The summed E-state index contributed by atoms with van der Waals surface area (Å²) < 4.78 is 45.6. The fourth-order valence-corrected chi connectivity index (χ4v) is 4.85. The van der Waals surface area contributed by atoms with E-state index in [2.05, 4.69) is 4.40 Å². The van der Waals surface area contributed by atoms with Crippen LogP contribution in [0.5, 0.6) is 0 Å². The molecule has 0 aromatic heterocycles. The van der Waals surface area contributed by atoms with Crippen molar-refractivity contribution in [3.05, 3.63) is 10.3 Å². The van der Waals surface area contributed by atoms with Crippen LogP contribution in [0.4, 0.5) is 0 Å². The highest BCUT2D eigenvalue weighted by Gasteiger charge is 2.25. The molecule has 1 rings (SSSR count). The molecule has 0 spiro atoms. The van der Waals surface area contributed by atoms with E-state index in [1.54, 1.807) is 0 Å². The number of hydrogen-bond donors (Lipinski definition) is 0. The fourth-order valence-electron chi connectivity index (χ4n) is 0.518. The van der Waals surface area contributed by atoms with Gasteiger partial charge < -0.3 is 0 Å². The molecule has 74 valence electrons. The second kappa shape index (κ2) is 3.70. The van der Waals surface area contributed by atoms with Crippen LogP contribution in [-0.4, -0.2) is 22.0 Å². The van der Waals surface area contributed by atoms with Crippen molar-refractivity contribution in [2.45, 2.75) is 0 Å². The molecule has 1 aliphatic heterocycles. The highest BCUT2D eigenvalue weighted by molar-refractivity contribution is 8.35. The zero-order valence-corrected chi connectivity index (χ0v) is 9.60. The third-order valence-corrected chi connectivity index (χ3v) is 5.40. The summed E-state index contributed by atoms with van der Waals surface area (Å²) in [5.41, 5.74) is 0. The summed E-state index contributed by atoms with van der Waals surface area (Å²) in [5.74, 6) is 0. The Kier molecular flexibility index (Phi) is 3.18. The zero-order valence-electron chi connectivity index (χ0n) is 5.64. The monoisotopic (exact) mass is 281 g/mol. The molecule has 10 heteroatoms. The molecule has 0 aliphatic carbocycles. The van der Waals surface area contributed by atoms with Crippen molar-refractivity contribution >= 4 is 55.4 Å². The molecule has 0 amide bonds. The van der Waals surface area contributed by atoms with Crippen LogP contribution in [0.15, 0.2) is 14.7 Å². The predicted octanol–water partition coefficient (Wildman–Crippen LogP) is 0.375. The minimum atomic E-state index is -4.01. The van der Waals surface area contributed by atoms with E-state index >= 15 is 0 Å². The largest absolute Gasteiger partial charge is 0.265 e. The first kappa shape index (κ1) is 11.2. The molecule has 1 atom stereocenters. The standard InChI is InChI=1S/C3HCl2NO4S3/c4-3-2(13(5,9)10)1-11(6-3)12(7)8/h1H. The van der Waals surface area contributed by atoms with Crippen molar-refractivity contribution in [3.63, 3.8) is 0 Å². The van der Waals surface area contributed by atoms with Gasteiger partial charge >= 0.3 is 0 Å². The Balaban J connectivity index is 3.47. The zero-order chi connectivity index (χ0) is 10.2. The fraction of sp³-hybridized carbons (Fsp3) is 0. The summed E-state index contributed by atoms with van der Waals surface area (Å²) in [6.07, 6.45) is 0. The van der Waals surface area contributed by atoms with Crippen LogP contribution >= 0.6 is 22.3 Å². The number of hydrogen-bond acceptors (Lipinski definition) is 4. The van der Waals surface area contributed by atoms with Crippen LogP contribution in [0, 0.1) is 0 Å². The van der Waals surface area contributed by atoms with Gasteiger partial charge in [0.15, 0.2) is 5.17 Å². The van der Waals surface area contributed by atoms with Gasteiger partial charge in [0.1, 0.15) is 4.91 Å². The van der Waals surface area contributed by atoms with E-state index in [4.69, 9.17) is 22.3 Å². The number of halogens is 2. The van der Waals surface area contributed by atoms with Crippen LogP contribution in [-0.2, 0) is 28.0 Å². The lowest BCUT2D eigenvalue weighted by Crippen LogP contribution is -1.98. The van der Waals surface area contributed by atoms with Crippen molar-refractivity contribution in [3.8, 4) is 0 Å². The van der Waals surface area contributed by atoms with E-state index in [1.807, 2.05) is 0 Å². The summed E-state index contributed by atoms with van der Waals surface area (Å²) in [6, 6.07) is 0. The molecule has 5 nitrogen and oxygen atoms in total. The molecule has 1 unspecified atom stereocenters. The Morgan fingerprint density at radius 2 is 2.00 bits per heavy atom. The molecule has 0 radical (unpaired) electrons. The maximum absolute atomic E-state index is 10.7. The second-order valence-corrected chi connectivity index (χ2v) is 7.89. The Labute approximate surface area is 86.7 Å². The van der Waals surface area contributed by atoms with Crippen LogP contribution < -0.4 is 0 Å². The Morgan fingerprint density at radius 1 is 1.46 bits per heavy atom. The lowest BCUT2D eigenvalue weighted by Gasteiger charge is -1.90. The Bertz CT molecular complexity index is 531. The van der Waals surface area contributed by atoms with Gasteiger partial charge in [0.05, 0.1) is 9.64 Å². The average Bonchev–Trinajstić information content (AvgIpc) is 2.29. The van der Waals surface area contributed by atoms with Crippen molar-refractivity contribution in [1.82, 2.24) is 0 Å². The van der Waals surface area contributed by atoms with E-state index < -0.39 is 38.0 Å². The lowest BCUT2D eigenvalue weighted by atomic mass is 10.7. The van der Waals surface area contributed by atoms with Crippen LogP contribution in [0.1, 0.15) is 0 Å². The van der Waals surface area contributed by atoms with Gasteiger partial charge in [-0.25, -0.2) is 8.42 Å². The van der Waals surface area contributed by atoms with Crippen molar-refractivity contribution in [2.24, 2.45) is 4.40 Å². The smallest absolute Gasteiger partial charge is 0.207 e. The highest BCUT2D eigenvalue weighted by Crippen LogP contribution is 2.23. The van der Waals surface area contributed by atoms with E-state index in [9.17, 15) is 16.8 Å². The van der Waals surface area contributed by atoms with Crippen molar-refractivity contribution in [2.75, 3.05) is 0 Å². The maximum atomic E-state index is 10.7. The molecule has 13 heavy (non-hydrogen) atoms. The van der Waals surface area contributed by atoms with Crippen LogP contribution in [0.2, 0.25) is 0 Å². The number of nitrogens with zero attached hydrogens (tertiary/aromatic N) is 1. The van der Waals surface area contributed by atoms with Crippen molar-refractivity contribution < 1.29 is 16.8 Å². The molecular formula is C3HCl2NO4S3.